The van der Waals surface area contributed by atoms with Crippen molar-refractivity contribution in [2.45, 2.75) is 6.42 Å². The number of rotatable bonds is 6. The molecule has 0 fully saturated rings. The number of carboxylic acid groups (broad SMARTS) is 1. The molecular formula is C8H17NO4P+. The van der Waals surface area contributed by atoms with Crippen LogP contribution in [0, 0.1) is 0 Å². The first kappa shape index (κ1) is 13.5. The van der Waals surface area contributed by atoms with Gasteiger partial charge in [-0.3, -0.25) is 9.59 Å². The molecule has 0 aromatic heterocycles. The smallest absolute Gasteiger partial charge is 0.303 e. The zero-order valence-electron chi connectivity index (χ0n) is 8.73. The van der Waals surface area contributed by atoms with Gasteiger partial charge < -0.3 is 14.5 Å². The van der Waals surface area contributed by atoms with E-state index < -0.39 is 14.1 Å². The third-order valence-corrected chi connectivity index (χ3v) is 2.80. The largest absolute Gasteiger partial charge is 0.481 e. The second-order valence-electron chi connectivity index (χ2n) is 4.11. The molecule has 6 heteroatoms. The highest BCUT2D eigenvalue weighted by molar-refractivity contribution is 7.69. The molecule has 0 aromatic rings. The third-order valence-electron chi connectivity index (χ3n) is 1.43. The molecule has 0 aliphatic carbocycles. The molecule has 0 saturated heterocycles. The Morgan fingerprint density at radius 1 is 1.29 bits per heavy atom. The monoisotopic (exact) mass is 222 g/mol. The molecule has 0 bridgehead atoms. The van der Waals surface area contributed by atoms with Crippen LogP contribution >= 0.6 is 8.15 Å². The number of carbonyl (C=O) groups is 2. The normalized spacial score (nSPS) is 13.7. The molecule has 0 heterocycles. The van der Waals surface area contributed by atoms with Crippen LogP contribution in [0.4, 0.5) is 0 Å². The molecule has 0 spiro atoms. The summed E-state index contributed by atoms with van der Waals surface area (Å²) in [7, 11) is 3.76. The lowest BCUT2D eigenvalue weighted by molar-refractivity contribution is -0.861. The summed E-state index contributed by atoms with van der Waals surface area (Å²) in [5.74, 6) is -0.982. The zero-order valence-corrected chi connectivity index (χ0v) is 9.62. The minimum Gasteiger partial charge on any atom is -0.481 e. The first-order valence-corrected chi connectivity index (χ1v) is 5.72. The summed E-state index contributed by atoms with van der Waals surface area (Å²) in [5, 5.41) is 8.36. The Balaban J connectivity index is 3.94. The summed E-state index contributed by atoms with van der Waals surface area (Å²) >= 11 is 0. The molecule has 0 aliphatic rings. The van der Waals surface area contributed by atoms with Crippen molar-refractivity contribution in [2.75, 3.05) is 33.8 Å². The molecule has 14 heavy (non-hydrogen) atoms. The van der Waals surface area contributed by atoms with E-state index in [-0.39, 0.29) is 24.7 Å². The van der Waals surface area contributed by atoms with Gasteiger partial charge in [-0.05, 0) is 0 Å². The van der Waals surface area contributed by atoms with Crippen LogP contribution in [-0.2, 0) is 9.59 Å². The molecule has 82 valence electrons. The van der Waals surface area contributed by atoms with Crippen LogP contribution in [0.25, 0.3) is 0 Å². The van der Waals surface area contributed by atoms with Crippen LogP contribution in [0.15, 0.2) is 0 Å². The Bertz CT molecular complexity index is 224. The highest BCUT2D eigenvalue weighted by Crippen LogP contribution is 2.32. The Labute approximate surface area is 84.8 Å². The van der Waals surface area contributed by atoms with E-state index in [0.717, 1.165) is 0 Å². The van der Waals surface area contributed by atoms with Crippen molar-refractivity contribution in [1.82, 2.24) is 0 Å². The van der Waals surface area contributed by atoms with Crippen LogP contribution < -0.4 is 0 Å². The quantitative estimate of drug-likeness (QED) is 0.493. The number of likely N-dealkylation sites (N-methyl/N-ethyl adjacent to an activating group) is 1. The van der Waals surface area contributed by atoms with Crippen molar-refractivity contribution in [3.8, 4) is 0 Å². The minimum atomic E-state index is -1.77. The molecule has 1 unspecified atom stereocenters. The van der Waals surface area contributed by atoms with Gasteiger partial charge in [0.1, 0.15) is 14.7 Å². The molecule has 5 nitrogen and oxygen atoms in total. The Morgan fingerprint density at radius 2 is 1.79 bits per heavy atom. The SMILES string of the molecule is C[N+](C)(C)CC(=O)P(O)CCC(=O)O. The summed E-state index contributed by atoms with van der Waals surface area (Å²) in [6.07, 6.45) is -0.0887. The van der Waals surface area contributed by atoms with Gasteiger partial charge in [-0.1, -0.05) is 0 Å². The second kappa shape index (κ2) is 5.39. The fraction of sp³-hybridized carbons (Fsp3) is 0.750. The third kappa shape index (κ3) is 6.95. The summed E-state index contributed by atoms with van der Waals surface area (Å²) in [6.45, 7) is 0.238. The maximum absolute atomic E-state index is 11.3. The molecule has 0 saturated carbocycles. The zero-order chi connectivity index (χ0) is 11.4. The van der Waals surface area contributed by atoms with Crippen LogP contribution in [-0.4, -0.2) is 59.8 Å². The van der Waals surface area contributed by atoms with E-state index in [2.05, 4.69) is 0 Å². The van der Waals surface area contributed by atoms with E-state index in [1.54, 1.807) is 0 Å². The van der Waals surface area contributed by atoms with E-state index in [1.165, 1.54) is 0 Å². The number of quaternary nitrogens is 1. The highest BCUT2D eigenvalue weighted by atomic mass is 31.1. The fourth-order valence-electron chi connectivity index (χ4n) is 0.814. The van der Waals surface area contributed by atoms with Crippen molar-refractivity contribution in [1.29, 1.82) is 0 Å². The Kier molecular flexibility index (Phi) is 5.19. The van der Waals surface area contributed by atoms with Crippen LogP contribution in [0.1, 0.15) is 6.42 Å². The number of carboxylic acids is 1. The number of carbonyl (C=O) groups excluding carboxylic acids is 1. The lowest BCUT2D eigenvalue weighted by atomic mass is 10.5. The molecule has 0 rings (SSSR count). The van der Waals surface area contributed by atoms with Crippen molar-refractivity contribution < 1.29 is 24.1 Å². The molecule has 0 aliphatic heterocycles. The number of aliphatic carboxylic acids is 1. The number of hydrogen-bond donors (Lipinski definition) is 2. The lowest BCUT2D eigenvalue weighted by Crippen LogP contribution is -2.39. The first-order chi connectivity index (χ1) is 6.22. The summed E-state index contributed by atoms with van der Waals surface area (Å²) < 4.78 is 0.450. The Hall–Kier alpha value is -0.510. The van der Waals surface area contributed by atoms with E-state index in [4.69, 9.17) is 5.11 Å². The maximum Gasteiger partial charge on any atom is 0.303 e. The molecule has 0 aromatic carbocycles. The molecule has 0 amide bonds. The van der Waals surface area contributed by atoms with Gasteiger partial charge in [0.05, 0.1) is 27.6 Å². The van der Waals surface area contributed by atoms with Crippen LogP contribution in [0.2, 0.25) is 0 Å². The molecule has 1 atom stereocenters. The summed E-state index contributed by atoms with van der Waals surface area (Å²) in [4.78, 5) is 30.9. The van der Waals surface area contributed by atoms with E-state index >= 15 is 0 Å². The standard InChI is InChI=1S/C8H16NO4P/c1-9(2,3)6-8(12)14(13)5-4-7(10)11/h13H,4-6H2,1-3H3/p+1. The van der Waals surface area contributed by atoms with Gasteiger partial charge in [0.2, 0.25) is 5.52 Å². The van der Waals surface area contributed by atoms with Gasteiger partial charge >= 0.3 is 5.97 Å². The van der Waals surface area contributed by atoms with Gasteiger partial charge in [0.25, 0.3) is 0 Å². The first-order valence-electron chi connectivity index (χ1n) is 4.24. The van der Waals surface area contributed by atoms with Gasteiger partial charge in [0, 0.05) is 6.16 Å². The van der Waals surface area contributed by atoms with Gasteiger partial charge in [0.15, 0.2) is 0 Å². The summed E-state index contributed by atoms with van der Waals surface area (Å²) in [6, 6.07) is 0. The van der Waals surface area contributed by atoms with Crippen LogP contribution in [0.5, 0.6) is 0 Å². The average molecular weight is 222 g/mol. The van der Waals surface area contributed by atoms with Gasteiger partial charge in [-0.25, -0.2) is 0 Å². The van der Waals surface area contributed by atoms with Crippen LogP contribution in [0.3, 0.4) is 0 Å². The second-order valence-corrected chi connectivity index (χ2v) is 5.85. The van der Waals surface area contributed by atoms with Gasteiger partial charge in [-0.15, -0.1) is 0 Å². The van der Waals surface area contributed by atoms with E-state index in [1.807, 2.05) is 21.1 Å². The fourth-order valence-corrected chi connectivity index (χ4v) is 2.05. The molecule has 2 N–H and O–H groups in total. The Morgan fingerprint density at radius 3 is 2.14 bits per heavy atom. The average Bonchev–Trinajstić information content (AvgIpc) is 1.96. The van der Waals surface area contributed by atoms with Crippen molar-refractivity contribution in [3.63, 3.8) is 0 Å². The predicted molar refractivity (Wildman–Crippen MR) is 54.2 cm³/mol. The number of nitrogens with zero attached hydrogens (tertiary/aromatic N) is 1. The number of hydrogen-bond acceptors (Lipinski definition) is 3. The lowest BCUT2D eigenvalue weighted by Gasteiger charge is -2.23. The van der Waals surface area contributed by atoms with Gasteiger partial charge in [-0.2, -0.15) is 0 Å². The summed E-state index contributed by atoms with van der Waals surface area (Å²) in [5.41, 5.74) is -0.242. The van der Waals surface area contributed by atoms with E-state index in [0.29, 0.717) is 4.48 Å². The predicted octanol–water partition coefficient (Wildman–Crippen LogP) is 0.0831. The maximum atomic E-state index is 11.3. The highest BCUT2D eigenvalue weighted by Gasteiger charge is 2.22. The van der Waals surface area contributed by atoms with Crippen molar-refractivity contribution in [3.05, 3.63) is 0 Å². The topological polar surface area (TPSA) is 74.6 Å². The van der Waals surface area contributed by atoms with E-state index in [9.17, 15) is 14.5 Å². The van der Waals surface area contributed by atoms with Crippen molar-refractivity contribution in [2.24, 2.45) is 0 Å². The minimum absolute atomic E-state index is 0.0590. The molecule has 0 radical (unpaired) electrons. The molecular weight excluding hydrogens is 205 g/mol. The van der Waals surface area contributed by atoms with Crippen molar-refractivity contribution >= 4 is 19.6 Å².